The van der Waals surface area contributed by atoms with Gasteiger partial charge in [-0.2, -0.15) is 0 Å². The van der Waals surface area contributed by atoms with Crippen molar-refractivity contribution in [3.63, 3.8) is 0 Å². The molecule has 0 unspecified atom stereocenters. The first kappa shape index (κ1) is 27.4. The summed E-state index contributed by atoms with van der Waals surface area (Å²) in [6, 6.07) is 14.1. The van der Waals surface area contributed by atoms with E-state index in [2.05, 4.69) is 0 Å². The molecule has 0 spiro atoms. The van der Waals surface area contributed by atoms with Crippen LogP contribution in [0.5, 0.6) is 5.75 Å². The van der Waals surface area contributed by atoms with Crippen molar-refractivity contribution in [2.75, 3.05) is 11.4 Å². The first-order chi connectivity index (χ1) is 18.6. The number of nitrogens with two attached hydrogens (primary N) is 1. The lowest BCUT2D eigenvalue weighted by Gasteiger charge is -2.35. The fraction of sp³-hybridized carbons (Fsp3) is 0.214. The number of carbonyl (C=O) groups is 4. The van der Waals surface area contributed by atoms with Gasteiger partial charge in [-0.15, -0.1) is 0 Å². The minimum Gasteiger partial charge on any atom is -0.481 e. The molecule has 3 aromatic carbocycles. The Kier molecular flexibility index (Phi) is 8.01. The maximum atomic E-state index is 14.1. The molecule has 0 saturated carbocycles. The molecule has 0 fully saturated rings. The van der Waals surface area contributed by atoms with Crippen LogP contribution in [0.25, 0.3) is 0 Å². The molecule has 0 aliphatic carbocycles. The van der Waals surface area contributed by atoms with Gasteiger partial charge in [0.25, 0.3) is 5.91 Å². The molecule has 4 rings (SSSR count). The van der Waals surface area contributed by atoms with Gasteiger partial charge < -0.3 is 15.6 Å². The van der Waals surface area contributed by atoms with Crippen molar-refractivity contribution in [3.8, 4) is 5.75 Å². The Bertz CT molecular complexity index is 1400. The normalized spacial score (nSPS) is 17.4. The van der Waals surface area contributed by atoms with Crippen LogP contribution in [0.3, 0.4) is 0 Å². The van der Waals surface area contributed by atoms with E-state index in [-0.39, 0.29) is 17.0 Å². The van der Waals surface area contributed by atoms with Crippen LogP contribution < -0.4 is 15.4 Å². The van der Waals surface area contributed by atoms with Crippen molar-refractivity contribution in [2.24, 2.45) is 5.73 Å². The molecule has 3 amide bonds. The Labute approximate surface area is 222 Å². The summed E-state index contributed by atoms with van der Waals surface area (Å²) in [5, 5.41) is 9.59. The molecular formula is C28H25F2N3O6. The summed E-state index contributed by atoms with van der Waals surface area (Å²) >= 11 is 0. The van der Waals surface area contributed by atoms with Gasteiger partial charge in [-0.05, 0) is 42.3 Å². The summed E-state index contributed by atoms with van der Waals surface area (Å²) in [7, 11) is 0. The number of rotatable bonds is 7. The molecule has 0 saturated heterocycles. The predicted molar refractivity (Wildman–Crippen MR) is 136 cm³/mol. The number of nitrogens with zero attached hydrogens (tertiary/aromatic N) is 2. The van der Waals surface area contributed by atoms with E-state index in [1.165, 1.54) is 19.1 Å². The second-order valence-corrected chi connectivity index (χ2v) is 9.02. The summed E-state index contributed by atoms with van der Waals surface area (Å²) in [4.78, 5) is 54.6. The Hall–Kier alpha value is -4.64. The van der Waals surface area contributed by atoms with Crippen LogP contribution in [0.4, 0.5) is 14.5 Å². The molecule has 3 N–H and O–H groups in total. The number of halogens is 2. The average Bonchev–Trinajstić information content (AvgIpc) is 2.99. The Morgan fingerprint density at radius 3 is 2.26 bits per heavy atom. The second-order valence-electron chi connectivity index (χ2n) is 9.02. The highest BCUT2D eigenvalue weighted by atomic mass is 19.1. The number of hydrogen-bond acceptors (Lipinski definition) is 6. The number of anilines is 1. The second kappa shape index (κ2) is 11.4. The molecule has 0 bridgehead atoms. The minimum atomic E-state index is -1.71. The predicted octanol–water partition coefficient (Wildman–Crippen LogP) is 2.83. The van der Waals surface area contributed by atoms with E-state index in [1.807, 2.05) is 0 Å². The Morgan fingerprint density at radius 1 is 1.03 bits per heavy atom. The zero-order valence-corrected chi connectivity index (χ0v) is 20.8. The molecule has 3 atom stereocenters. The lowest BCUT2D eigenvalue weighted by atomic mass is 9.97. The van der Waals surface area contributed by atoms with Gasteiger partial charge in [0, 0.05) is 6.07 Å². The highest BCUT2D eigenvalue weighted by Gasteiger charge is 2.47. The third-order valence-corrected chi connectivity index (χ3v) is 6.09. The van der Waals surface area contributed by atoms with Gasteiger partial charge in [0.05, 0.1) is 18.2 Å². The number of ether oxygens (including phenoxy) is 1. The van der Waals surface area contributed by atoms with Gasteiger partial charge in [-0.1, -0.05) is 42.5 Å². The fourth-order valence-electron chi connectivity index (χ4n) is 4.43. The molecule has 0 radical (unpaired) electrons. The van der Waals surface area contributed by atoms with E-state index >= 15 is 0 Å². The highest BCUT2D eigenvalue weighted by Crippen LogP contribution is 2.39. The van der Waals surface area contributed by atoms with E-state index in [1.54, 1.807) is 42.5 Å². The molecule has 0 aromatic heterocycles. The number of carboxylic acids is 1. The quantitative estimate of drug-likeness (QED) is 0.474. The van der Waals surface area contributed by atoms with Crippen LogP contribution in [-0.2, 0) is 25.6 Å². The zero-order valence-electron chi connectivity index (χ0n) is 20.8. The van der Waals surface area contributed by atoms with Crippen molar-refractivity contribution < 1.29 is 37.8 Å². The van der Waals surface area contributed by atoms with Crippen LogP contribution in [0, 0.1) is 11.6 Å². The number of imide groups is 1. The standard InChI is InChI=1S/C28H25F2N3O6/c1-16(31)27(37)33(23(34)13-17-11-19(29)14-20(30)12-17)25-26(18-7-3-2-4-8-18)39-22-10-6-5-9-21(22)32(28(25)38)15-24(35)36/h2-12,14,16,25-26H,13,15,31H2,1H3,(H,35,36)/t16-,25-,26+/m0/s1. The molecule has 202 valence electrons. The lowest BCUT2D eigenvalue weighted by molar-refractivity contribution is -0.155. The highest BCUT2D eigenvalue weighted by molar-refractivity contribution is 6.09. The number of carboxylic acid groups (broad SMARTS) is 1. The van der Waals surface area contributed by atoms with Gasteiger partial charge in [0.15, 0.2) is 12.1 Å². The minimum absolute atomic E-state index is 0.0797. The van der Waals surface area contributed by atoms with Gasteiger partial charge in [0.1, 0.15) is 23.9 Å². The number of hydrogen-bond donors (Lipinski definition) is 2. The Morgan fingerprint density at radius 2 is 1.64 bits per heavy atom. The summed E-state index contributed by atoms with van der Waals surface area (Å²) < 4.78 is 33.9. The van der Waals surface area contributed by atoms with Crippen LogP contribution in [0.1, 0.15) is 24.2 Å². The van der Waals surface area contributed by atoms with Gasteiger partial charge in [-0.25, -0.2) is 8.78 Å². The molecule has 11 heteroatoms. The maximum absolute atomic E-state index is 14.1. The van der Waals surface area contributed by atoms with Crippen LogP contribution in [-0.4, -0.2) is 52.3 Å². The van der Waals surface area contributed by atoms with Crippen molar-refractivity contribution in [1.82, 2.24) is 4.90 Å². The first-order valence-electron chi connectivity index (χ1n) is 12.0. The summed E-state index contributed by atoms with van der Waals surface area (Å²) in [5.74, 6) is -5.90. The number of carbonyl (C=O) groups excluding carboxylic acids is 3. The number of para-hydroxylation sites is 2. The summed E-state index contributed by atoms with van der Waals surface area (Å²) in [6.07, 6.45) is -1.92. The third kappa shape index (κ3) is 5.93. The topological polar surface area (TPSA) is 130 Å². The molecule has 1 aliphatic rings. The average molecular weight is 538 g/mol. The largest absolute Gasteiger partial charge is 0.481 e. The SMILES string of the molecule is C[C@H](N)C(=O)N(C(=O)Cc1cc(F)cc(F)c1)[C@@H]1C(=O)N(CC(=O)O)c2ccccc2O[C@@H]1c1ccccc1. The van der Waals surface area contributed by atoms with Crippen molar-refractivity contribution in [3.05, 3.63) is 95.6 Å². The van der Waals surface area contributed by atoms with Crippen LogP contribution >= 0.6 is 0 Å². The number of amides is 3. The van der Waals surface area contributed by atoms with Gasteiger partial charge >= 0.3 is 5.97 Å². The first-order valence-corrected chi connectivity index (χ1v) is 12.0. The van der Waals surface area contributed by atoms with E-state index in [0.717, 1.165) is 17.0 Å². The van der Waals surface area contributed by atoms with E-state index in [9.17, 15) is 33.1 Å². The lowest BCUT2D eigenvalue weighted by Crippen LogP contribution is -2.59. The molecule has 9 nitrogen and oxygen atoms in total. The molecule has 3 aromatic rings. The van der Waals surface area contributed by atoms with E-state index in [0.29, 0.717) is 16.5 Å². The monoisotopic (exact) mass is 537 g/mol. The summed E-state index contributed by atoms with van der Waals surface area (Å²) in [6.45, 7) is 0.522. The van der Waals surface area contributed by atoms with Crippen molar-refractivity contribution >= 4 is 29.4 Å². The molecule has 39 heavy (non-hydrogen) atoms. The van der Waals surface area contributed by atoms with Gasteiger partial charge in [0.2, 0.25) is 11.8 Å². The van der Waals surface area contributed by atoms with Crippen molar-refractivity contribution in [2.45, 2.75) is 31.5 Å². The fourth-order valence-corrected chi connectivity index (χ4v) is 4.43. The van der Waals surface area contributed by atoms with Crippen LogP contribution in [0.2, 0.25) is 0 Å². The third-order valence-electron chi connectivity index (χ3n) is 6.09. The van der Waals surface area contributed by atoms with E-state index < -0.39 is 66.5 Å². The van der Waals surface area contributed by atoms with E-state index in [4.69, 9.17) is 10.5 Å². The van der Waals surface area contributed by atoms with Gasteiger partial charge in [-0.3, -0.25) is 29.0 Å². The smallest absolute Gasteiger partial charge is 0.323 e. The number of benzene rings is 3. The molecule has 1 heterocycles. The number of fused-ring (bicyclic) bond motifs is 1. The maximum Gasteiger partial charge on any atom is 0.323 e. The zero-order chi connectivity index (χ0) is 28.3. The van der Waals surface area contributed by atoms with Crippen molar-refractivity contribution in [1.29, 1.82) is 0 Å². The molecule has 1 aliphatic heterocycles. The summed E-state index contributed by atoms with van der Waals surface area (Å²) in [5.41, 5.74) is 6.33. The number of aliphatic carboxylic acids is 1. The molecular weight excluding hydrogens is 512 g/mol. The van der Waals surface area contributed by atoms with Crippen LogP contribution in [0.15, 0.2) is 72.8 Å². The Balaban J connectivity index is 1.89.